The first-order valence-electron chi connectivity index (χ1n) is 7.28. The number of aromatic nitrogens is 1. The number of hydrogen-bond acceptors (Lipinski definition) is 3. The summed E-state index contributed by atoms with van der Waals surface area (Å²) in [5.74, 6) is -1.26. The molecule has 6 nitrogen and oxygen atoms in total. The zero-order valence-electron chi connectivity index (χ0n) is 12.1. The molecule has 1 fully saturated rings. The van der Waals surface area contributed by atoms with Gasteiger partial charge in [-0.25, -0.2) is 4.79 Å². The van der Waals surface area contributed by atoms with E-state index in [-0.39, 0.29) is 38.3 Å². The second-order valence-electron chi connectivity index (χ2n) is 5.75. The van der Waals surface area contributed by atoms with Crippen LogP contribution in [-0.4, -0.2) is 50.7 Å². The molecule has 0 spiro atoms. The number of H-pyrrole nitrogens is 1. The first kappa shape index (κ1) is 14.6. The van der Waals surface area contributed by atoms with Crippen LogP contribution in [0.5, 0.6) is 0 Å². The molecule has 1 aromatic heterocycles. The summed E-state index contributed by atoms with van der Waals surface area (Å²) in [6.07, 6.45) is 2.25. The van der Waals surface area contributed by atoms with E-state index in [0.717, 1.165) is 16.5 Å². The van der Waals surface area contributed by atoms with E-state index in [4.69, 9.17) is 5.11 Å². The number of fused-ring (bicyclic) bond motifs is 1. The molecule has 6 heteroatoms. The number of piperidine rings is 1. The quantitative estimate of drug-likeness (QED) is 0.793. The molecule has 0 unspecified atom stereocenters. The summed E-state index contributed by atoms with van der Waals surface area (Å²) in [6.45, 7) is 0.536. The third kappa shape index (κ3) is 2.57. The van der Waals surface area contributed by atoms with Crippen LogP contribution in [0, 0.1) is 0 Å². The molecule has 2 aromatic rings. The van der Waals surface area contributed by atoms with E-state index in [1.165, 1.54) is 0 Å². The van der Waals surface area contributed by atoms with Gasteiger partial charge in [0.05, 0.1) is 6.42 Å². The first-order chi connectivity index (χ1) is 10.5. The molecule has 2 heterocycles. The molecule has 0 saturated carbocycles. The van der Waals surface area contributed by atoms with Crippen molar-refractivity contribution in [2.75, 3.05) is 13.1 Å². The van der Waals surface area contributed by atoms with Crippen LogP contribution in [-0.2, 0) is 16.0 Å². The van der Waals surface area contributed by atoms with Crippen LogP contribution in [0.25, 0.3) is 10.9 Å². The van der Waals surface area contributed by atoms with Gasteiger partial charge in [0.1, 0.15) is 0 Å². The number of amides is 1. The highest BCUT2D eigenvalue weighted by molar-refractivity contribution is 5.89. The van der Waals surface area contributed by atoms with E-state index >= 15 is 0 Å². The molecule has 1 aromatic carbocycles. The molecule has 1 saturated heterocycles. The Balaban J connectivity index is 1.67. The van der Waals surface area contributed by atoms with E-state index in [9.17, 15) is 14.7 Å². The topological polar surface area (TPSA) is 93.6 Å². The van der Waals surface area contributed by atoms with Gasteiger partial charge in [0.25, 0.3) is 0 Å². The Morgan fingerprint density at radius 2 is 1.91 bits per heavy atom. The Hall–Kier alpha value is -2.34. The number of aliphatic hydroxyl groups is 1. The van der Waals surface area contributed by atoms with Crippen molar-refractivity contribution in [3.8, 4) is 0 Å². The molecular weight excluding hydrogens is 284 g/mol. The van der Waals surface area contributed by atoms with Crippen LogP contribution in [0.2, 0.25) is 0 Å². The van der Waals surface area contributed by atoms with E-state index < -0.39 is 11.6 Å². The Morgan fingerprint density at radius 1 is 1.23 bits per heavy atom. The molecule has 0 radical (unpaired) electrons. The van der Waals surface area contributed by atoms with Gasteiger partial charge in [-0.15, -0.1) is 0 Å². The van der Waals surface area contributed by atoms with Crippen molar-refractivity contribution < 1.29 is 19.8 Å². The van der Waals surface area contributed by atoms with Gasteiger partial charge in [0.15, 0.2) is 5.60 Å². The molecule has 116 valence electrons. The fourth-order valence-corrected chi connectivity index (χ4v) is 2.89. The maximum absolute atomic E-state index is 12.4. The predicted octanol–water partition coefficient (Wildman–Crippen LogP) is 1.15. The number of aromatic amines is 1. The van der Waals surface area contributed by atoms with Gasteiger partial charge < -0.3 is 20.1 Å². The molecule has 1 aliphatic rings. The lowest BCUT2D eigenvalue weighted by Gasteiger charge is -2.35. The fraction of sp³-hybridized carbons (Fsp3) is 0.375. The molecule has 0 bridgehead atoms. The number of aliphatic carboxylic acids is 1. The number of benzene rings is 1. The van der Waals surface area contributed by atoms with Gasteiger partial charge in [0, 0.05) is 43.0 Å². The summed E-state index contributed by atoms with van der Waals surface area (Å²) in [4.78, 5) is 28.1. The smallest absolute Gasteiger partial charge is 0.335 e. The molecule has 22 heavy (non-hydrogen) atoms. The minimum absolute atomic E-state index is 0.0443. The lowest BCUT2D eigenvalue weighted by molar-refractivity contribution is -0.165. The Bertz CT molecular complexity index is 714. The minimum Gasteiger partial charge on any atom is -0.479 e. The average molecular weight is 302 g/mol. The second-order valence-corrected chi connectivity index (χ2v) is 5.75. The van der Waals surface area contributed by atoms with E-state index in [2.05, 4.69) is 4.98 Å². The summed E-state index contributed by atoms with van der Waals surface area (Å²) in [6, 6.07) is 7.78. The van der Waals surface area contributed by atoms with Gasteiger partial charge in [0.2, 0.25) is 5.91 Å². The summed E-state index contributed by atoms with van der Waals surface area (Å²) in [5, 5.41) is 19.9. The monoisotopic (exact) mass is 302 g/mol. The number of hydrogen-bond donors (Lipinski definition) is 3. The summed E-state index contributed by atoms with van der Waals surface area (Å²) < 4.78 is 0. The normalized spacial score (nSPS) is 17.6. The van der Waals surface area contributed by atoms with Gasteiger partial charge in [-0.3, -0.25) is 4.79 Å². The van der Waals surface area contributed by atoms with Crippen LogP contribution in [0.4, 0.5) is 0 Å². The minimum atomic E-state index is -1.70. The number of nitrogens with one attached hydrogen (secondary N) is 1. The first-order valence-corrected chi connectivity index (χ1v) is 7.28. The third-order valence-electron chi connectivity index (χ3n) is 4.36. The van der Waals surface area contributed by atoms with Crippen LogP contribution in [0.1, 0.15) is 18.4 Å². The number of likely N-dealkylation sites (tertiary alicyclic amines) is 1. The Labute approximate surface area is 127 Å². The van der Waals surface area contributed by atoms with Crippen LogP contribution < -0.4 is 0 Å². The number of carbonyl (C=O) groups is 2. The number of carboxylic acids is 1. The zero-order valence-corrected chi connectivity index (χ0v) is 12.1. The van der Waals surface area contributed by atoms with Gasteiger partial charge in [-0.2, -0.15) is 0 Å². The van der Waals surface area contributed by atoms with Crippen LogP contribution in [0.3, 0.4) is 0 Å². The number of rotatable bonds is 3. The van der Waals surface area contributed by atoms with Crippen molar-refractivity contribution in [2.45, 2.75) is 24.9 Å². The van der Waals surface area contributed by atoms with Crippen LogP contribution in [0.15, 0.2) is 30.5 Å². The zero-order chi connectivity index (χ0) is 15.7. The van der Waals surface area contributed by atoms with Crippen molar-refractivity contribution in [1.29, 1.82) is 0 Å². The molecule has 0 atom stereocenters. The molecule has 0 aliphatic carbocycles. The average Bonchev–Trinajstić information content (AvgIpc) is 2.91. The largest absolute Gasteiger partial charge is 0.479 e. The van der Waals surface area contributed by atoms with Crippen molar-refractivity contribution in [3.05, 3.63) is 36.0 Å². The van der Waals surface area contributed by atoms with Crippen molar-refractivity contribution in [2.24, 2.45) is 0 Å². The number of nitrogens with zero attached hydrogens (tertiary/aromatic N) is 1. The predicted molar refractivity (Wildman–Crippen MR) is 80.4 cm³/mol. The molecule has 3 rings (SSSR count). The molecule has 3 N–H and O–H groups in total. The lowest BCUT2D eigenvalue weighted by Crippen LogP contribution is -2.51. The van der Waals surface area contributed by atoms with Crippen LogP contribution >= 0.6 is 0 Å². The maximum atomic E-state index is 12.4. The number of para-hydroxylation sites is 1. The van der Waals surface area contributed by atoms with Crippen molar-refractivity contribution >= 4 is 22.8 Å². The highest BCUT2D eigenvalue weighted by atomic mass is 16.4. The van der Waals surface area contributed by atoms with E-state index in [1.54, 1.807) is 4.90 Å². The summed E-state index contributed by atoms with van der Waals surface area (Å²) in [7, 11) is 0. The van der Waals surface area contributed by atoms with E-state index in [1.807, 2.05) is 30.5 Å². The standard InChI is InChI=1S/C16H18N2O4/c19-14(18-7-5-16(22,6-8-18)15(20)21)9-11-10-17-13-4-2-1-3-12(11)13/h1-4,10,17,22H,5-9H2,(H,20,21). The third-order valence-corrected chi connectivity index (χ3v) is 4.36. The molecule has 1 aliphatic heterocycles. The maximum Gasteiger partial charge on any atom is 0.335 e. The Kier molecular flexibility index (Phi) is 3.62. The van der Waals surface area contributed by atoms with Crippen molar-refractivity contribution in [1.82, 2.24) is 9.88 Å². The van der Waals surface area contributed by atoms with Gasteiger partial charge in [-0.05, 0) is 11.6 Å². The lowest BCUT2D eigenvalue weighted by atomic mass is 9.91. The molecule has 1 amide bonds. The summed E-state index contributed by atoms with van der Waals surface area (Å²) in [5.41, 5.74) is 0.223. The fourth-order valence-electron chi connectivity index (χ4n) is 2.89. The second kappa shape index (κ2) is 5.46. The van der Waals surface area contributed by atoms with Crippen molar-refractivity contribution in [3.63, 3.8) is 0 Å². The summed E-state index contributed by atoms with van der Waals surface area (Å²) >= 11 is 0. The van der Waals surface area contributed by atoms with Gasteiger partial charge in [-0.1, -0.05) is 18.2 Å². The highest BCUT2D eigenvalue weighted by Gasteiger charge is 2.40. The van der Waals surface area contributed by atoms with E-state index in [0.29, 0.717) is 0 Å². The Morgan fingerprint density at radius 3 is 2.59 bits per heavy atom. The molecular formula is C16H18N2O4. The van der Waals surface area contributed by atoms with Gasteiger partial charge >= 0.3 is 5.97 Å². The SMILES string of the molecule is O=C(Cc1c[nH]c2ccccc12)N1CCC(O)(C(=O)O)CC1. The number of carbonyl (C=O) groups excluding carboxylic acids is 1. The number of carboxylic acid groups (broad SMARTS) is 1. The highest BCUT2D eigenvalue weighted by Crippen LogP contribution is 2.24.